The molecule has 0 heterocycles. The van der Waals surface area contributed by atoms with Crippen molar-refractivity contribution in [2.75, 3.05) is 19.6 Å². The largest absolute Gasteiger partial charge is 0.493 e. The predicted molar refractivity (Wildman–Crippen MR) is 100 cm³/mol. The maximum atomic E-state index is 9.53. The Bertz CT molecular complexity index is 827. The summed E-state index contributed by atoms with van der Waals surface area (Å²) in [5.74, 6) is 3.90. The smallest absolute Gasteiger partial charge is 0.178 e. The highest BCUT2D eigenvalue weighted by Gasteiger charge is 2.26. The molecule has 0 bridgehead atoms. The molecule has 4 heteroatoms. The number of methoxy groups -OCH3 is 1. The van der Waals surface area contributed by atoms with Gasteiger partial charge in [0.2, 0.25) is 0 Å². The summed E-state index contributed by atoms with van der Waals surface area (Å²) in [6.07, 6.45) is 5.43. The SMILES string of the molecule is C#Cc1ccc(C(C)(C)c2cc(C#N)c(OCCCl)c(OC)c2)cc1. The average Bonchev–Trinajstić information content (AvgIpc) is 2.65. The summed E-state index contributed by atoms with van der Waals surface area (Å²) in [5, 5.41) is 9.53. The Morgan fingerprint density at radius 1 is 1.16 bits per heavy atom. The van der Waals surface area contributed by atoms with Crippen molar-refractivity contribution in [2.24, 2.45) is 0 Å². The molecule has 128 valence electrons. The first kappa shape index (κ1) is 18.7. The van der Waals surface area contributed by atoms with Gasteiger partial charge in [-0.05, 0) is 35.4 Å². The molecule has 0 aliphatic heterocycles. The van der Waals surface area contributed by atoms with E-state index < -0.39 is 0 Å². The second kappa shape index (κ2) is 7.97. The molecule has 25 heavy (non-hydrogen) atoms. The second-order valence-corrected chi connectivity index (χ2v) is 6.43. The molecule has 0 aliphatic rings. The molecule has 0 amide bonds. The Balaban J connectivity index is 2.53. The highest BCUT2D eigenvalue weighted by Crippen LogP contribution is 2.39. The molecular formula is C21H20ClNO2. The van der Waals surface area contributed by atoms with Crippen LogP contribution in [0.3, 0.4) is 0 Å². The summed E-state index contributed by atoms with van der Waals surface area (Å²) in [6, 6.07) is 13.8. The van der Waals surface area contributed by atoms with Crippen molar-refractivity contribution < 1.29 is 9.47 Å². The lowest BCUT2D eigenvalue weighted by Crippen LogP contribution is -2.19. The van der Waals surface area contributed by atoms with Crippen molar-refractivity contribution in [3.05, 3.63) is 58.7 Å². The Hall–Kier alpha value is -2.62. The quantitative estimate of drug-likeness (QED) is 0.567. The van der Waals surface area contributed by atoms with E-state index in [9.17, 15) is 5.26 Å². The second-order valence-electron chi connectivity index (χ2n) is 6.05. The fraction of sp³-hybridized carbons (Fsp3) is 0.286. The minimum Gasteiger partial charge on any atom is -0.493 e. The van der Waals surface area contributed by atoms with Gasteiger partial charge in [0.05, 0.1) is 18.6 Å². The Morgan fingerprint density at radius 2 is 1.84 bits per heavy atom. The van der Waals surface area contributed by atoms with Crippen molar-refractivity contribution in [2.45, 2.75) is 19.3 Å². The van der Waals surface area contributed by atoms with E-state index in [1.165, 1.54) is 0 Å². The summed E-state index contributed by atoms with van der Waals surface area (Å²) >= 11 is 5.69. The molecule has 3 nitrogen and oxygen atoms in total. The number of halogens is 1. The predicted octanol–water partition coefficient (Wildman–Crippen LogP) is 4.49. The van der Waals surface area contributed by atoms with E-state index in [0.717, 1.165) is 16.7 Å². The van der Waals surface area contributed by atoms with Crippen LogP contribution in [-0.2, 0) is 5.41 Å². The minimum absolute atomic E-state index is 0.308. The van der Waals surface area contributed by atoms with Crippen LogP contribution in [0.2, 0.25) is 0 Å². The van der Waals surface area contributed by atoms with E-state index in [0.29, 0.717) is 29.5 Å². The molecule has 0 saturated heterocycles. The fourth-order valence-electron chi connectivity index (χ4n) is 2.64. The molecule has 0 N–H and O–H groups in total. The Kier molecular flexibility index (Phi) is 5.97. The third kappa shape index (κ3) is 3.90. The first-order valence-corrected chi connectivity index (χ1v) is 8.40. The first-order chi connectivity index (χ1) is 12.0. The van der Waals surface area contributed by atoms with Crippen LogP contribution < -0.4 is 9.47 Å². The molecular weight excluding hydrogens is 334 g/mol. The number of ether oxygens (including phenoxy) is 2. The lowest BCUT2D eigenvalue weighted by molar-refractivity contribution is 0.311. The zero-order valence-corrected chi connectivity index (χ0v) is 15.4. The molecule has 0 fully saturated rings. The standard InChI is InChI=1S/C21H20ClNO2/c1-5-15-6-8-17(9-7-15)21(2,3)18-12-16(14-23)20(25-11-10-22)19(13-18)24-4/h1,6-9,12-13H,10-11H2,2-4H3. The molecule has 2 aromatic carbocycles. The number of hydrogen-bond acceptors (Lipinski definition) is 3. The number of hydrogen-bond donors (Lipinski definition) is 0. The first-order valence-electron chi connectivity index (χ1n) is 7.86. The zero-order valence-electron chi connectivity index (χ0n) is 14.6. The molecule has 0 radical (unpaired) electrons. The number of nitriles is 1. The summed E-state index contributed by atoms with van der Waals surface area (Å²) in [4.78, 5) is 0. The van der Waals surface area contributed by atoms with E-state index in [1.807, 2.05) is 36.4 Å². The third-order valence-electron chi connectivity index (χ3n) is 4.21. The van der Waals surface area contributed by atoms with Gasteiger partial charge >= 0.3 is 0 Å². The van der Waals surface area contributed by atoms with Crippen molar-refractivity contribution in [3.8, 4) is 29.9 Å². The van der Waals surface area contributed by atoms with Crippen LogP contribution in [0.5, 0.6) is 11.5 Å². The molecule has 0 aromatic heterocycles. The van der Waals surface area contributed by atoms with E-state index >= 15 is 0 Å². The highest BCUT2D eigenvalue weighted by molar-refractivity contribution is 6.18. The van der Waals surface area contributed by atoms with Crippen LogP contribution >= 0.6 is 11.6 Å². The number of benzene rings is 2. The number of rotatable bonds is 6. The van der Waals surface area contributed by atoms with Crippen molar-refractivity contribution in [1.82, 2.24) is 0 Å². The average molecular weight is 354 g/mol. The van der Waals surface area contributed by atoms with Gasteiger partial charge in [-0.15, -0.1) is 18.0 Å². The normalized spacial score (nSPS) is 10.6. The maximum Gasteiger partial charge on any atom is 0.178 e. The summed E-state index contributed by atoms with van der Waals surface area (Å²) < 4.78 is 11.0. The monoisotopic (exact) mass is 353 g/mol. The van der Waals surface area contributed by atoms with Gasteiger partial charge in [-0.1, -0.05) is 31.9 Å². The van der Waals surface area contributed by atoms with E-state index in [4.69, 9.17) is 27.5 Å². The summed E-state index contributed by atoms with van der Waals surface area (Å²) in [5.41, 5.74) is 2.96. The van der Waals surface area contributed by atoms with Gasteiger partial charge in [-0.25, -0.2) is 0 Å². The summed E-state index contributed by atoms with van der Waals surface area (Å²) in [6.45, 7) is 4.49. The van der Waals surface area contributed by atoms with Crippen LogP contribution in [0, 0.1) is 23.7 Å². The Morgan fingerprint density at radius 3 is 2.36 bits per heavy atom. The number of nitrogens with zero attached hydrogens (tertiary/aromatic N) is 1. The van der Waals surface area contributed by atoms with E-state index in [2.05, 4.69) is 25.8 Å². The van der Waals surface area contributed by atoms with E-state index in [1.54, 1.807) is 7.11 Å². The lowest BCUT2D eigenvalue weighted by Gasteiger charge is -2.27. The Labute approximate surface area is 154 Å². The van der Waals surface area contributed by atoms with Gasteiger partial charge in [0, 0.05) is 11.0 Å². The zero-order chi connectivity index (χ0) is 18.4. The molecule has 0 atom stereocenters. The number of alkyl halides is 1. The van der Waals surface area contributed by atoms with Gasteiger partial charge < -0.3 is 9.47 Å². The molecule has 2 rings (SSSR count). The number of terminal acetylenes is 1. The highest BCUT2D eigenvalue weighted by atomic mass is 35.5. The molecule has 2 aromatic rings. The fourth-order valence-corrected chi connectivity index (χ4v) is 2.71. The van der Waals surface area contributed by atoms with Crippen LogP contribution in [0.15, 0.2) is 36.4 Å². The van der Waals surface area contributed by atoms with Crippen LogP contribution in [0.25, 0.3) is 0 Å². The van der Waals surface area contributed by atoms with Crippen LogP contribution in [-0.4, -0.2) is 19.6 Å². The topological polar surface area (TPSA) is 42.2 Å². The van der Waals surface area contributed by atoms with E-state index in [-0.39, 0.29) is 5.41 Å². The van der Waals surface area contributed by atoms with Gasteiger partial charge in [0.25, 0.3) is 0 Å². The summed E-state index contributed by atoms with van der Waals surface area (Å²) in [7, 11) is 1.56. The van der Waals surface area contributed by atoms with Gasteiger partial charge in [-0.2, -0.15) is 5.26 Å². The van der Waals surface area contributed by atoms with Gasteiger partial charge in [0.15, 0.2) is 11.5 Å². The van der Waals surface area contributed by atoms with Crippen molar-refractivity contribution in [3.63, 3.8) is 0 Å². The molecule has 0 unspecified atom stereocenters. The van der Waals surface area contributed by atoms with Crippen LogP contribution in [0.1, 0.15) is 36.1 Å². The third-order valence-corrected chi connectivity index (χ3v) is 4.37. The van der Waals surface area contributed by atoms with Gasteiger partial charge in [-0.3, -0.25) is 0 Å². The van der Waals surface area contributed by atoms with Crippen molar-refractivity contribution >= 4 is 11.6 Å². The van der Waals surface area contributed by atoms with Gasteiger partial charge in [0.1, 0.15) is 12.7 Å². The maximum absolute atomic E-state index is 9.53. The minimum atomic E-state index is -0.336. The lowest BCUT2D eigenvalue weighted by atomic mass is 9.77. The molecule has 0 aliphatic carbocycles. The molecule has 0 saturated carbocycles. The van der Waals surface area contributed by atoms with Crippen LogP contribution in [0.4, 0.5) is 0 Å². The van der Waals surface area contributed by atoms with Crippen molar-refractivity contribution in [1.29, 1.82) is 5.26 Å². The molecule has 0 spiro atoms.